The van der Waals surface area contributed by atoms with E-state index in [2.05, 4.69) is 48.2 Å². The van der Waals surface area contributed by atoms with Gasteiger partial charge in [0.2, 0.25) is 0 Å². The third kappa shape index (κ3) is 4.00. The van der Waals surface area contributed by atoms with Crippen LogP contribution in [0.4, 0.5) is 0 Å². The Balaban J connectivity index is 1.53. The highest BCUT2D eigenvalue weighted by Crippen LogP contribution is 2.40. The predicted molar refractivity (Wildman–Crippen MR) is 93.1 cm³/mol. The largest absolute Gasteiger partial charge is 0.396 e. The number of benzene rings is 1. The zero-order valence-electron chi connectivity index (χ0n) is 12.8. The number of aliphatic hydroxyl groups excluding tert-OH is 1. The first-order valence-electron chi connectivity index (χ1n) is 8.08. The van der Waals surface area contributed by atoms with Gasteiger partial charge in [-0.3, -0.25) is 0 Å². The second-order valence-electron chi connectivity index (χ2n) is 6.05. The average molecular weight is 310 g/mol. The average Bonchev–Trinajstić information content (AvgIpc) is 3.21. The summed E-state index contributed by atoms with van der Waals surface area (Å²) in [4.78, 5) is 2.62. The van der Waals surface area contributed by atoms with Gasteiger partial charge >= 0.3 is 0 Å². The molecule has 0 amide bonds. The quantitative estimate of drug-likeness (QED) is 0.818. The molecule has 1 fully saturated rings. The maximum absolute atomic E-state index is 9.25. The van der Waals surface area contributed by atoms with Crippen LogP contribution in [0.1, 0.15) is 46.9 Å². The summed E-state index contributed by atoms with van der Waals surface area (Å²) in [6.45, 7) is 0.341. The molecule has 1 aromatic heterocycles. The van der Waals surface area contributed by atoms with E-state index < -0.39 is 0 Å². The maximum atomic E-state index is 9.25. The number of rotatable bonds is 4. The minimum atomic E-state index is 0.341. The number of hydrogen-bond donors (Lipinski definition) is 1. The predicted octanol–water partition coefficient (Wildman–Crippen LogP) is 4.61. The van der Waals surface area contributed by atoms with Crippen LogP contribution in [0.2, 0.25) is 0 Å². The molecule has 1 aromatic carbocycles. The van der Waals surface area contributed by atoms with Gasteiger partial charge in [-0.1, -0.05) is 42.2 Å². The Hall–Kier alpha value is -1.56. The molecule has 0 spiro atoms. The van der Waals surface area contributed by atoms with Crippen molar-refractivity contribution in [2.75, 3.05) is 6.61 Å². The molecule has 2 heteroatoms. The van der Waals surface area contributed by atoms with Crippen molar-refractivity contribution in [1.82, 2.24) is 0 Å². The molecule has 2 atom stereocenters. The third-order valence-electron chi connectivity index (χ3n) is 4.42. The molecule has 1 saturated carbocycles. The Bertz CT molecular complexity index is 647. The van der Waals surface area contributed by atoms with E-state index >= 15 is 0 Å². The van der Waals surface area contributed by atoms with E-state index in [1.54, 1.807) is 0 Å². The van der Waals surface area contributed by atoms with Crippen LogP contribution in [-0.2, 0) is 6.42 Å². The van der Waals surface area contributed by atoms with Gasteiger partial charge in [0, 0.05) is 17.9 Å². The Labute approximate surface area is 137 Å². The maximum Gasteiger partial charge on any atom is 0.0771 e. The summed E-state index contributed by atoms with van der Waals surface area (Å²) in [7, 11) is 0. The summed E-state index contributed by atoms with van der Waals surface area (Å²) < 4.78 is 0. The fourth-order valence-electron chi connectivity index (χ4n) is 3.14. The molecule has 1 nitrogen and oxygen atoms in total. The van der Waals surface area contributed by atoms with Crippen LogP contribution >= 0.6 is 11.3 Å². The van der Waals surface area contributed by atoms with Crippen LogP contribution in [0, 0.1) is 17.8 Å². The Kier molecular flexibility index (Phi) is 5.32. The highest BCUT2D eigenvalue weighted by molar-refractivity contribution is 7.12. The molecule has 2 aromatic rings. The lowest BCUT2D eigenvalue weighted by molar-refractivity contribution is 0.229. The molecule has 3 rings (SSSR count). The minimum Gasteiger partial charge on any atom is -0.396 e. The summed E-state index contributed by atoms with van der Waals surface area (Å²) in [6, 6.07) is 14.9. The van der Waals surface area contributed by atoms with Crippen molar-refractivity contribution >= 4 is 11.3 Å². The lowest BCUT2D eigenvalue weighted by Crippen LogP contribution is -1.99. The molecule has 0 radical (unpaired) electrons. The van der Waals surface area contributed by atoms with E-state index in [0.29, 0.717) is 18.4 Å². The normalized spacial score (nSPS) is 20.6. The van der Waals surface area contributed by atoms with Gasteiger partial charge in [-0.2, -0.15) is 0 Å². The number of thiophene rings is 1. The Morgan fingerprint density at radius 2 is 1.95 bits per heavy atom. The molecule has 0 saturated heterocycles. The van der Waals surface area contributed by atoms with E-state index in [1.165, 1.54) is 21.7 Å². The number of aliphatic hydroxyl groups is 1. The second-order valence-corrected chi connectivity index (χ2v) is 7.16. The smallest absolute Gasteiger partial charge is 0.0771 e. The van der Waals surface area contributed by atoms with Gasteiger partial charge in [0.05, 0.1) is 4.88 Å². The molecule has 0 aliphatic heterocycles. The van der Waals surface area contributed by atoms with Crippen molar-refractivity contribution in [1.29, 1.82) is 0 Å². The molecular weight excluding hydrogens is 288 g/mol. The topological polar surface area (TPSA) is 20.2 Å². The van der Waals surface area contributed by atoms with Crippen LogP contribution in [0.3, 0.4) is 0 Å². The van der Waals surface area contributed by atoms with E-state index in [4.69, 9.17) is 0 Å². The molecule has 0 unspecified atom stereocenters. The first-order chi connectivity index (χ1) is 10.8. The standard InChI is InChI=1S/C20H22OS/c21-15-17-10-11-18(14-17)20-13-12-19(22-20)9-5-4-8-16-6-2-1-3-7-16/h1-3,6-7,12-13,17-18,21H,4,8,10-11,14-15H2/t17-,18-/m0/s1. The fraction of sp³-hybridized carbons (Fsp3) is 0.400. The fourth-order valence-corrected chi connectivity index (χ4v) is 4.17. The Morgan fingerprint density at radius 1 is 1.09 bits per heavy atom. The summed E-state index contributed by atoms with van der Waals surface area (Å²) >= 11 is 1.83. The zero-order valence-corrected chi connectivity index (χ0v) is 13.6. The molecule has 114 valence electrons. The second kappa shape index (κ2) is 7.63. The molecule has 1 aliphatic carbocycles. The van der Waals surface area contributed by atoms with Crippen LogP contribution in [0.5, 0.6) is 0 Å². The van der Waals surface area contributed by atoms with Crippen LogP contribution in [0.15, 0.2) is 42.5 Å². The van der Waals surface area contributed by atoms with Gasteiger partial charge in [0.1, 0.15) is 0 Å². The van der Waals surface area contributed by atoms with Crippen molar-refractivity contribution in [2.45, 2.75) is 38.0 Å². The number of aryl methyl sites for hydroxylation is 1. The highest BCUT2D eigenvalue weighted by Gasteiger charge is 2.26. The lowest BCUT2D eigenvalue weighted by atomic mass is 10.0. The summed E-state index contributed by atoms with van der Waals surface area (Å²) in [5.41, 5.74) is 1.35. The van der Waals surface area contributed by atoms with Gasteiger partial charge in [0.15, 0.2) is 0 Å². The van der Waals surface area contributed by atoms with Gasteiger partial charge in [-0.15, -0.1) is 11.3 Å². The van der Waals surface area contributed by atoms with Gasteiger partial charge < -0.3 is 5.11 Å². The van der Waals surface area contributed by atoms with Gasteiger partial charge in [-0.25, -0.2) is 0 Å². The van der Waals surface area contributed by atoms with E-state index in [9.17, 15) is 5.11 Å². The molecule has 0 bridgehead atoms. The van der Waals surface area contributed by atoms with Crippen molar-refractivity contribution in [2.24, 2.45) is 5.92 Å². The van der Waals surface area contributed by atoms with Crippen molar-refractivity contribution in [3.8, 4) is 11.8 Å². The Morgan fingerprint density at radius 3 is 2.73 bits per heavy atom. The SMILES string of the molecule is OC[C@H]1CC[C@H](c2ccc(C#CCCc3ccccc3)s2)C1. The van der Waals surface area contributed by atoms with Gasteiger partial charge in [-0.05, 0) is 55.2 Å². The van der Waals surface area contributed by atoms with Crippen LogP contribution in [0.25, 0.3) is 0 Å². The molecule has 1 N–H and O–H groups in total. The van der Waals surface area contributed by atoms with Gasteiger partial charge in [0.25, 0.3) is 0 Å². The molecule has 22 heavy (non-hydrogen) atoms. The first kappa shape index (κ1) is 15.3. The highest BCUT2D eigenvalue weighted by atomic mass is 32.1. The lowest BCUT2D eigenvalue weighted by Gasteiger charge is -2.06. The van der Waals surface area contributed by atoms with E-state index in [-0.39, 0.29) is 0 Å². The zero-order chi connectivity index (χ0) is 15.2. The minimum absolute atomic E-state index is 0.341. The number of hydrogen-bond acceptors (Lipinski definition) is 2. The molecule has 1 heterocycles. The van der Waals surface area contributed by atoms with E-state index in [0.717, 1.165) is 25.7 Å². The van der Waals surface area contributed by atoms with Crippen LogP contribution < -0.4 is 0 Å². The van der Waals surface area contributed by atoms with E-state index in [1.807, 2.05) is 17.4 Å². The summed E-state index contributed by atoms with van der Waals surface area (Å²) in [5.74, 6) is 7.75. The van der Waals surface area contributed by atoms with Crippen molar-refractivity contribution in [3.05, 3.63) is 57.8 Å². The first-order valence-corrected chi connectivity index (χ1v) is 8.90. The summed E-state index contributed by atoms with van der Waals surface area (Å²) in [5, 5.41) is 9.25. The molecular formula is C20H22OS. The van der Waals surface area contributed by atoms with Crippen molar-refractivity contribution < 1.29 is 5.11 Å². The van der Waals surface area contributed by atoms with Crippen molar-refractivity contribution in [3.63, 3.8) is 0 Å². The summed E-state index contributed by atoms with van der Waals surface area (Å²) in [6.07, 6.45) is 5.45. The monoisotopic (exact) mass is 310 g/mol. The van der Waals surface area contributed by atoms with Crippen LogP contribution in [-0.4, -0.2) is 11.7 Å². The molecule has 1 aliphatic rings. The third-order valence-corrected chi connectivity index (χ3v) is 5.58.